The maximum atomic E-state index is 12.1. The first-order chi connectivity index (χ1) is 16.0. The molecule has 4 heteroatoms. The molecule has 1 saturated carbocycles. The number of aliphatic hydroxyl groups is 2. The van der Waals surface area contributed by atoms with E-state index in [1.807, 2.05) is 0 Å². The number of quaternary nitrogens is 1. The Labute approximate surface area is 200 Å². The van der Waals surface area contributed by atoms with E-state index >= 15 is 0 Å². The normalized spacial score (nSPS) is 46.2. The molecule has 33 heavy (non-hydrogen) atoms. The second-order valence-electron chi connectivity index (χ2n) is 12.2. The van der Waals surface area contributed by atoms with Crippen LogP contribution < -0.4 is 4.90 Å². The third kappa shape index (κ3) is 2.64. The number of likely N-dealkylation sites (N-methyl/N-ethyl adjacent to an activating group) is 1. The van der Waals surface area contributed by atoms with Gasteiger partial charge in [-0.15, -0.1) is 0 Å². The van der Waals surface area contributed by atoms with Crippen molar-refractivity contribution in [2.45, 2.75) is 114 Å². The molecule has 5 aliphatic heterocycles. The zero-order valence-electron chi connectivity index (χ0n) is 21.0. The van der Waals surface area contributed by atoms with Gasteiger partial charge in [0.1, 0.15) is 6.04 Å². The highest BCUT2D eigenvalue weighted by atomic mass is 16.3. The lowest BCUT2D eigenvalue weighted by Crippen LogP contribution is -2.83. The van der Waals surface area contributed by atoms with Crippen LogP contribution in [0.4, 0.5) is 5.69 Å². The molecule has 2 N–H and O–H groups in total. The highest BCUT2D eigenvalue weighted by molar-refractivity contribution is 5.66. The van der Waals surface area contributed by atoms with Crippen molar-refractivity contribution in [3.63, 3.8) is 0 Å². The number of piperidine rings is 4. The Morgan fingerprint density at radius 2 is 1.73 bits per heavy atom. The minimum absolute atomic E-state index is 0.135. The number of anilines is 1. The molecule has 7 rings (SSSR count). The number of aliphatic hydroxyl groups excluding tert-OH is 2. The number of fused-ring (bicyclic) bond motifs is 2. The molecule has 1 aromatic carbocycles. The predicted octanol–water partition coefficient (Wildman–Crippen LogP) is 4.82. The van der Waals surface area contributed by atoms with Gasteiger partial charge in [-0.1, -0.05) is 64.2 Å². The van der Waals surface area contributed by atoms with Crippen molar-refractivity contribution < 1.29 is 14.7 Å². The van der Waals surface area contributed by atoms with Crippen LogP contribution in [0.25, 0.3) is 0 Å². The Bertz CT molecular complexity index is 890. The first-order valence-electron chi connectivity index (χ1n) is 14.1. The molecule has 5 fully saturated rings. The summed E-state index contributed by atoms with van der Waals surface area (Å²) in [7, 11) is 2.26. The first kappa shape index (κ1) is 22.4. The minimum atomic E-state index is -0.274. The SMILES string of the molecule is CCCCCCCCC[N+]12[C@H](O)[C@@H](CC)[C@H]3C[C@H]1[C@@H]1N(C)c4ccccc4[C@]14C[C@H]2[C@H]3[C@@H]4O. The molecule has 4 saturated heterocycles. The van der Waals surface area contributed by atoms with Crippen molar-refractivity contribution >= 4 is 5.69 Å². The summed E-state index contributed by atoms with van der Waals surface area (Å²) < 4.78 is 0.899. The molecule has 5 heterocycles. The Morgan fingerprint density at radius 1 is 1.00 bits per heavy atom. The molecule has 1 aromatic rings. The predicted molar refractivity (Wildman–Crippen MR) is 133 cm³/mol. The smallest absolute Gasteiger partial charge is 0.194 e. The molecule has 10 atom stereocenters. The molecule has 5 bridgehead atoms. The lowest BCUT2D eigenvalue weighted by molar-refractivity contribution is -1.04. The van der Waals surface area contributed by atoms with E-state index in [1.165, 1.54) is 62.6 Å². The summed E-state index contributed by atoms with van der Waals surface area (Å²) in [6, 6.07) is 10.1. The van der Waals surface area contributed by atoms with Crippen LogP contribution in [-0.2, 0) is 5.41 Å². The Morgan fingerprint density at radius 3 is 2.48 bits per heavy atom. The zero-order chi connectivity index (χ0) is 23.0. The monoisotopic (exact) mass is 453 g/mol. The van der Waals surface area contributed by atoms with Crippen LogP contribution in [0.15, 0.2) is 24.3 Å². The minimum Gasteiger partial charge on any atom is -0.392 e. The van der Waals surface area contributed by atoms with Gasteiger partial charge < -0.3 is 15.1 Å². The van der Waals surface area contributed by atoms with Crippen molar-refractivity contribution in [2.24, 2.45) is 17.8 Å². The van der Waals surface area contributed by atoms with Gasteiger partial charge in [-0.3, -0.25) is 4.48 Å². The van der Waals surface area contributed by atoms with E-state index in [-0.39, 0.29) is 17.7 Å². The molecule has 4 nitrogen and oxygen atoms in total. The van der Waals surface area contributed by atoms with E-state index in [0.717, 1.165) is 23.9 Å². The van der Waals surface area contributed by atoms with Crippen molar-refractivity contribution in [2.75, 3.05) is 18.5 Å². The molecular weight excluding hydrogens is 408 g/mol. The summed E-state index contributed by atoms with van der Waals surface area (Å²) >= 11 is 0. The van der Waals surface area contributed by atoms with Crippen LogP contribution in [-0.4, -0.2) is 58.7 Å². The maximum Gasteiger partial charge on any atom is 0.194 e. The van der Waals surface area contributed by atoms with E-state index in [2.05, 4.69) is 50.1 Å². The third-order valence-electron chi connectivity index (χ3n) is 11.3. The third-order valence-corrected chi connectivity index (χ3v) is 11.3. The summed E-state index contributed by atoms with van der Waals surface area (Å²) in [5.41, 5.74) is 2.58. The fourth-order valence-electron chi connectivity index (χ4n) is 10.2. The van der Waals surface area contributed by atoms with Crippen LogP contribution in [0.2, 0.25) is 0 Å². The van der Waals surface area contributed by atoms with Crippen LogP contribution >= 0.6 is 0 Å². The standard InChI is InChI=1S/C29H45N2O2/c1-4-6-7-8-9-10-13-16-31-23-17-20(19(5-2)28(31)33)25-24(31)18-29(27(25)32)21-14-11-12-15-22(21)30(3)26(23)29/h11-12,14-15,19-20,23-28,32-33H,4-10,13,16-18H2,1-3H3/q+1/t19-,20+,23-,24-,25-,26-,27-,28+,29+,31?/m0/s1. The van der Waals surface area contributed by atoms with Gasteiger partial charge in [-0.05, 0) is 36.8 Å². The van der Waals surface area contributed by atoms with Gasteiger partial charge in [-0.2, -0.15) is 0 Å². The molecule has 182 valence electrons. The van der Waals surface area contributed by atoms with E-state index < -0.39 is 0 Å². The zero-order valence-corrected chi connectivity index (χ0v) is 21.0. The Hall–Kier alpha value is -1.10. The van der Waals surface area contributed by atoms with E-state index in [9.17, 15) is 10.2 Å². The molecule has 1 spiro atoms. The number of benzene rings is 1. The quantitative estimate of drug-likeness (QED) is 0.416. The Balaban J connectivity index is 1.36. The highest BCUT2D eigenvalue weighted by Gasteiger charge is 2.82. The maximum absolute atomic E-state index is 12.1. The van der Waals surface area contributed by atoms with Gasteiger partial charge in [0.15, 0.2) is 6.23 Å². The second-order valence-corrected chi connectivity index (χ2v) is 12.2. The van der Waals surface area contributed by atoms with Gasteiger partial charge in [0.2, 0.25) is 0 Å². The first-order valence-corrected chi connectivity index (χ1v) is 14.1. The lowest BCUT2D eigenvalue weighted by Gasteiger charge is -2.68. The largest absolute Gasteiger partial charge is 0.392 e. The van der Waals surface area contributed by atoms with Crippen molar-refractivity contribution in [3.05, 3.63) is 29.8 Å². The summed E-state index contributed by atoms with van der Waals surface area (Å²) in [6.45, 7) is 5.65. The molecule has 1 unspecified atom stereocenters. The van der Waals surface area contributed by atoms with E-state index in [0.29, 0.717) is 35.9 Å². The summed E-state index contributed by atoms with van der Waals surface area (Å²) in [5.74, 6) is 1.18. The Kier molecular flexibility index (Phi) is 5.40. The number of rotatable bonds is 9. The summed E-state index contributed by atoms with van der Waals surface area (Å²) in [4.78, 5) is 2.51. The highest BCUT2D eigenvalue weighted by Crippen LogP contribution is 2.71. The fraction of sp³-hybridized carbons (Fsp3) is 0.793. The topological polar surface area (TPSA) is 43.7 Å². The van der Waals surface area contributed by atoms with Crippen molar-refractivity contribution in [1.82, 2.24) is 0 Å². The van der Waals surface area contributed by atoms with Crippen LogP contribution in [0.1, 0.15) is 83.6 Å². The average molecular weight is 454 g/mol. The van der Waals surface area contributed by atoms with Gasteiger partial charge in [0.25, 0.3) is 0 Å². The number of para-hydroxylation sites is 1. The molecule has 0 radical (unpaired) electrons. The lowest BCUT2D eigenvalue weighted by atomic mass is 9.60. The van der Waals surface area contributed by atoms with Crippen LogP contribution in [0, 0.1) is 17.8 Å². The molecule has 0 aromatic heterocycles. The van der Waals surface area contributed by atoms with Crippen LogP contribution in [0.5, 0.6) is 0 Å². The molecule has 6 aliphatic rings. The van der Waals surface area contributed by atoms with Crippen LogP contribution in [0.3, 0.4) is 0 Å². The average Bonchev–Trinajstić information content (AvgIpc) is 3.21. The van der Waals surface area contributed by atoms with Crippen molar-refractivity contribution in [1.29, 1.82) is 0 Å². The van der Waals surface area contributed by atoms with Gasteiger partial charge in [-0.25, -0.2) is 0 Å². The number of hydrogen-bond donors (Lipinski definition) is 2. The van der Waals surface area contributed by atoms with Crippen molar-refractivity contribution in [3.8, 4) is 0 Å². The fourth-order valence-corrected chi connectivity index (χ4v) is 10.2. The van der Waals surface area contributed by atoms with Gasteiger partial charge in [0, 0.05) is 37.4 Å². The molecular formula is C29H45N2O2+. The van der Waals surface area contributed by atoms with E-state index in [4.69, 9.17) is 0 Å². The van der Waals surface area contributed by atoms with Gasteiger partial charge >= 0.3 is 0 Å². The number of hydrogen-bond acceptors (Lipinski definition) is 3. The summed E-state index contributed by atoms with van der Waals surface area (Å²) in [6.07, 6.45) is 12.0. The summed E-state index contributed by atoms with van der Waals surface area (Å²) in [5, 5.41) is 24.1. The second kappa shape index (κ2) is 7.96. The number of unbranched alkanes of at least 4 members (excludes halogenated alkanes) is 6. The molecule has 1 aliphatic carbocycles. The number of nitrogens with zero attached hydrogens (tertiary/aromatic N) is 2. The molecule has 0 amide bonds. The van der Waals surface area contributed by atoms with Gasteiger partial charge in [0.05, 0.1) is 30.1 Å². The van der Waals surface area contributed by atoms with E-state index in [1.54, 1.807) is 0 Å².